The highest BCUT2D eigenvalue weighted by atomic mass is 16.6. The average Bonchev–Trinajstić information content (AvgIpc) is 3.80. The lowest BCUT2D eigenvalue weighted by molar-refractivity contribution is 0.0425. The first-order valence-corrected chi connectivity index (χ1v) is 22.0. The van der Waals surface area contributed by atoms with Gasteiger partial charge in [-0.1, -0.05) is 72.8 Å². The Kier molecular flexibility index (Phi) is 10.9. The second kappa shape index (κ2) is 17.2. The number of cyclic esters (lactones) is 4. The van der Waals surface area contributed by atoms with Gasteiger partial charge in [0.2, 0.25) is 0 Å². The number of fused-ring (bicyclic) bond motifs is 2. The number of aryl methyl sites for hydroxylation is 2. The molecule has 6 aromatic carbocycles. The van der Waals surface area contributed by atoms with E-state index in [2.05, 4.69) is 36.4 Å². The smallest absolute Gasteiger partial charge is 0.346 e. The van der Waals surface area contributed by atoms with E-state index in [1.807, 2.05) is 74.5 Å². The zero-order valence-corrected chi connectivity index (χ0v) is 36.2. The molecular formula is C56H42O10. The summed E-state index contributed by atoms with van der Waals surface area (Å²) in [6.07, 6.45) is 10.6. The maximum absolute atomic E-state index is 13.5. The van der Waals surface area contributed by atoms with E-state index in [0.29, 0.717) is 23.3 Å². The standard InChI is InChI=1S/C56H42O10/c1-31-25-41(29-45(37-9-5-3-6-10-37)49(31)63-51(57)39-21-23-43-47(27-39)55(61)65-53(43)59)35-17-13-33(14-18-35)34-15-19-36(20-16-34)42-26-32(2)50(46(30-42)38-11-7-4-8-12-38)64-52(58)40-22-24-44-48(28-40)56(62)66-54(44)60/h3-12,17,19,21-30,33-34H,13-16,18,20H2,1-2H3. The maximum Gasteiger partial charge on any atom is 0.346 e. The molecule has 66 heavy (non-hydrogen) atoms. The summed E-state index contributed by atoms with van der Waals surface area (Å²) >= 11 is 0. The number of esters is 6. The number of carbonyl (C=O) groups excluding carboxylic acids is 6. The Bertz CT molecular complexity index is 2910. The summed E-state index contributed by atoms with van der Waals surface area (Å²) in [4.78, 5) is 75.4. The van der Waals surface area contributed by atoms with E-state index in [-0.39, 0.29) is 33.4 Å². The van der Waals surface area contributed by atoms with Crippen LogP contribution in [0.25, 0.3) is 33.4 Å². The van der Waals surface area contributed by atoms with Crippen molar-refractivity contribution >= 4 is 47.0 Å². The van der Waals surface area contributed by atoms with Gasteiger partial charge in [0.1, 0.15) is 11.5 Å². The number of benzene rings is 6. The first kappa shape index (κ1) is 42.0. The molecule has 0 bridgehead atoms. The fourth-order valence-electron chi connectivity index (χ4n) is 9.67. The molecule has 4 aliphatic rings. The summed E-state index contributed by atoms with van der Waals surface area (Å²) in [6.45, 7) is 3.86. The topological polar surface area (TPSA) is 139 Å². The molecule has 0 amide bonds. The molecule has 2 unspecified atom stereocenters. The SMILES string of the molecule is Cc1cc(C2=CCC(C3CC=C(c4cc(C)c(OC(=O)c5ccc6c(c5)C(=O)OC6=O)c(-c5ccccc5)c4)CC3)CC2)cc(-c2ccccc2)c1OC(=O)c1ccc2c(c1)C(=O)OC2=O. The van der Waals surface area contributed by atoms with Crippen LogP contribution < -0.4 is 9.47 Å². The largest absolute Gasteiger partial charge is 0.422 e. The van der Waals surface area contributed by atoms with Gasteiger partial charge in [-0.15, -0.1) is 0 Å². The van der Waals surface area contributed by atoms with Crippen LogP contribution in [-0.4, -0.2) is 35.8 Å². The van der Waals surface area contributed by atoms with Crippen molar-refractivity contribution in [3.05, 3.63) is 189 Å². The van der Waals surface area contributed by atoms with Crippen LogP contribution in [0.1, 0.15) is 123 Å². The number of rotatable bonds is 9. The second-order valence-electron chi connectivity index (χ2n) is 17.3. The van der Waals surface area contributed by atoms with Crippen LogP contribution in [0.4, 0.5) is 0 Å². The molecule has 326 valence electrons. The third-order valence-corrected chi connectivity index (χ3v) is 13.2. The zero-order valence-electron chi connectivity index (χ0n) is 36.2. The van der Waals surface area contributed by atoms with E-state index in [1.54, 1.807) is 0 Å². The quantitative estimate of drug-likeness (QED) is 0.0783. The minimum Gasteiger partial charge on any atom is -0.422 e. The van der Waals surface area contributed by atoms with Crippen molar-refractivity contribution in [3.8, 4) is 33.8 Å². The molecule has 6 aromatic rings. The van der Waals surface area contributed by atoms with Crippen LogP contribution >= 0.6 is 0 Å². The molecule has 10 nitrogen and oxygen atoms in total. The van der Waals surface area contributed by atoms with E-state index in [9.17, 15) is 28.8 Å². The van der Waals surface area contributed by atoms with Crippen molar-refractivity contribution < 1.29 is 47.7 Å². The van der Waals surface area contributed by atoms with Crippen LogP contribution in [0.3, 0.4) is 0 Å². The predicted molar refractivity (Wildman–Crippen MR) is 246 cm³/mol. The van der Waals surface area contributed by atoms with E-state index < -0.39 is 35.8 Å². The molecule has 2 heterocycles. The van der Waals surface area contributed by atoms with Gasteiger partial charge in [-0.05, 0) is 169 Å². The lowest BCUT2D eigenvalue weighted by atomic mass is 9.73. The Hall–Kier alpha value is -7.98. The van der Waals surface area contributed by atoms with Crippen LogP contribution in [0.5, 0.6) is 11.5 Å². The van der Waals surface area contributed by atoms with Gasteiger partial charge in [-0.25, -0.2) is 28.8 Å². The first-order valence-electron chi connectivity index (χ1n) is 22.0. The summed E-state index contributed by atoms with van der Waals surface area (Å²) in [7, 11) is 0. The van der Waals surface area contributed by atoms with Gasteiger partial charge in [0, 0.05) is 11.1 Å². The summed E-state index contributed by atoms with van der Waals surface area (Å²) < 4.78 is 21.5. The molecule has 0 N–H and O–H groups in total. The lowest BCUT2D eigenvalue weighted by Gasteiger charge is -2.32. The first-order chi connectivity index (χ1) is 32.0. The van der Waals surface area contributed by atoms with Crippen molar-refractivity contribution in [2.45, 2.75) is 52.4 Å². The maximum atomic E-state index is 13.5. The van der Waals surface area contributed by atoms with Gasteiger partial charge in [-0.2, -0.15) is 0 Å². The van der Waals surface area contributed by atoms with E-state index in [4.69, 9.17) is 18.9 Å². The van der Waals surface area contributed by atoms with E-state index >= 15 is 0 Å². The van der Waals surface area contributed by atoms with Gasteiger partial charge in [0.25, 0.3) is 0 Å². The molecule has 0 fully saturated rings. The number of allylic oxidation sites excluding steroid dienone is 4. The summed E-state index contributed by atoms with van der Waals surface area (Å²) in [6, 6.07) is 36.4. The van der Waals surface area contributed by atoms with Crippen molar-refractivity contribution in [3.63, 3.8) is 0 Å². The fraction of sp³-hybridized carbons (Fsp3) is 0.179. The lowest BCUT2D eigenvalue weighted by Crippen LogP contribution is -2.19. The van der Waals surface area contributed by atoms with Crippen molar-refractivity contribution in [2.75, 3.05) is 0 Å². The highest BCUT2D eigenvalue weighted by Crippen LogP contribution is 2.45. The van der Waals surface area contributed by atoms with Crippen LogP contribution in [0.2, 0.25) is 0 Å². The van der Waals surface area contributed by atoms with Crippen molar-refractivity contribution in [1.82, 2.24) is 0 Å². The highest BCUT2D eigenvalue weighted by molar-refractivity contribution is 6.16. The summed E-state index contributed by atoms with van der Waals surface area (Å²) in [5.41, 5.74) is 10.3. The Morgan fingerprint density at radius 1 is 0.455 bits per heavy atom. The Labute approximate surface area is 380 Å². The molecule has 2 atom stereocenters. The third-order valence-electron chi connectivity index (χ3n) is 13.2. The number of hydrogen-bond donors (Lipinski definition) is 0. The van der Waals surface area contributed by atoms with Crippen LogP contribution in [0, 0.1) is 25.7 Å². The Morgan fingerprint density at radius 2 is 0.848 bits per heavy atom. The van der Waals surface area contributed by atoms with Gasteiger partial charge < -0.3 is 18.9 Å². The normalized spacial score (nSPS) is 17.5. The number of carbonyl (C=O) groups is 6. The second-order valence-corrected chi connectivity index (χ2v) is 17.3. The molecule has 0 saturated heterocycles. The number of ether oxygens (including phenoxy) is 4. The molecule has 2 aliphatic heterocycles. The molecule has 10 rings (SSSR count). The number of hydrogen-bond acceptors (Lipinski definition) is 10. The van der Waals surface area contributed by atoms with Gasteiger partial charge in [0.05, 0.1) is 33.4 Å². The average molecular weight is 875 g/mol. The van der Waals surface area contributed by atoms with Crippen LogP contribution in [-0.2, 0) is 9.47 Å². The van der Waals surface area contributed by atoms with Crippen LogP contribution in [0.15, 0.2) is 133 Å². The summed E-state index contributed by atoms with van der Waals surface area (Å²) in [5.74, 6) is -2.40. The third kappa shape index (κ3) is 7.95. The Morgan fingerprint density at radius 3 is 1.23 bits per heavy atom. The zero-order chi connectivity index (χ0) is 45.6. The minimum atomic E-state index is -0.784. The summed E-state index contributed by atoms with van der Waals surface area (Å²) in [5, 5.41) is 0. The monoisotopic (exact) mass is 874 g/mol. The molecule has 10 heteroatoms. The molecule has 0 saturated carbocycles. The molecule has 0 spiro atoms. The highest BCUT2D eigenvalue weighted by Gasteiger charge is 2.33. The van der Waals surface area contributed by atoms with Gasteiger partial charge in [-0.3, -0.25) is 0 Å². The van der Waals surface area contributed by atoms with Crippen molar-refractivity contribution in [1.29, 1.82) is 0 Å². The Balaban J connectivity index is 0.853. The molecule has 0 aromatic heterocycles. The fourth-order valence-corrected chi connectivity index (χ4v) is 9.67. The molecule has 2 aliphatic carbocycles. The van der Waals surface area contributed by atoms with Gasteiger partial charge >= 0.3 is 35.8 Å². The molecule has 0 radical (unpaired) electrons. The van der Waals surface area contributed by atoms with Crippen molar-refractivity contribution in [2.24, 2.45) is 11.8 Å². The van der Waals surface area contributed by atoms with E-state index in [0.717, 1.165) is 83.0 Å². The van der Waals surface area contributed by atoms with E-state index in [1.165, 1.54) is 47.5 Å². The van der Waals surface area contributed by atoms with Gasteiger partial charge in [0.15, 0.2) is 0 Å². The predicted octanol–water partition coefficient (Wildman–Crippen LogP) is 11.8. The minimum absolute atomic E-state index is 0.0454. The molecular weight excluding hydrogens is 833 g/mol.